The maximum Gasteiger partial charge on any atom is 0.337 e. The molecule has 1 amide bonds. The van der Waals surface area contributed by atoms with Crippen molar-refractivity contribution in [1.82, 2.24) is 4.90 Å². The molecule has 2 bridgehead atoms. The summed E-state index contributed by atoms with van der Waals surface area (Å²) in [6, 6.07) is 11.0. The molecule has 1 saturated carbocycles. The first-order valence-electron chi connectivity index (χ1n) is 15.1. The van der Waals surface area contributed by atoms with E-state index in [1.54, 1.807) is 41.3 Å². The van der Waals surface area contributed by atoms with Crippen molar-refractivity contribution in [3.63, 3.8) is 0 Å². The molecule has 1 spiro atoms. The van der Waals surface area contributed by atoms with Crippen molar-refractivity contribution in [1.29, 1.82) is 0 Å². The summed E-state index contributed by atoms with van der Waals surface area (Å²) in [5.74, 6) is -4.64. The molecule has 8 nitrogen and oxygen atoms in total. The van der Waals surface area contributed by atoms with Crippen LogP contribution >= 0.6 is 23.2 Å². The van der Waals surface area contributed by atoms with Gasteiger partial charge in [-0.3, -0.25) is 4.79 Å². The molecular formula is C33H28Cl2F3N3O5. The van der Waals surface area contributed by atoms with Crippen LogP contribution in [0.2, 0.25) is 10.0 Å². The Bertz CT molecular complexity index is 1780. The Morgan fingerprint density at radius 1 is 0.978 bits per heavy atom. The zero-order chi connectivity index (χ0) is 32.1. The molecule has 3 aromatic carbocycles. The lowest BCUT2D eigenvalue weighted by Crippen LogP contribution is -2.51. The van der Waals surface area contributed by atoms with Gasteiger partial charge >= 0.3 is 5.97 Å². The predicted octanol–water partition coefficient (Wildman–Crippen LogP) is 6.70. The molecule has 4 aliphatic heterocycles. The molecule has 240 valence electrons. The topological polar surface area (TPSA) is 82.5 Å². The number of halogens is 5. The van der Waals surface area contributed by atoms with E-state index in [-0.39, 0.29) is 71.6 Å². The van der Waals surface area contributed by atoms with Crippen LogP contribution in [0.25, 0.3) is 11.1 Å². The monoisotopic (exact) mass is 673 g/mol. The highest BCUT2D eigenvalue weighted by molar-refractivity contribution is 6.40. The number of hydrogen-bond donors (Lipinski definition) is 1. The van der Waals surface area contributed by atoms with Gasteiger partial charge in [0, 0.05) is 41.9 Å². The van der Waals surface area contributed by atoms with E-state index < -0.39 is 29.0 Å². The second-order valence-corrected chi connectivity index (χ2v) is 13.7. The van der Waals surface area contributed by atoms with Crippen molar-refractivity contribution < 1.29 is 37.3 Å². The van der Waals surface area contributed by atoms with Gasteiger partial charge in [0.15, 0.2) is 6.73 Å². The SMILES string of the molecule is O=C(O)c1cc(F)c(-c2cccc3c2OCN(C(=O)c2c(Cl)cc(N4CC5(C4)CC5(F)F)cc2Cl)C3)cc1N1C2CCC1COC2. The summed E-state index contributed by atoms with van der Waals surface area (Å²) in [5, 5.41) is 10.1. The van der Waals surface area contributed by atoms with E-state index in [1.165, 1.54) is 4.90 Å². The molecule has 1 aliphatic carbocycles. The number of benzene rings is 3. The van der Waals surface area contributed by atoms with Crippen molar-refractivity contribution in [2.45, 2.75) is 43.8 Å². The van der Waals surface area contributed by atoms with Gasteiger partial charge in [0.25, 0.3) is 11.8 Å². The van der Waals surface area contributed by atoms with Gasteiger partial charge in [-0.25, -0.2) is 18.0 Å². The van der Waals surface area contributed by atoms with Gasteiger partial charge in [-0.15, -0.1) is 0 Å². The number of alkyl halides is 2. The highest BCUT2D eigenvalue weighted by atomic mass is 35.5. The number of nitrogens with zero attached hydrogens (tertiary/aromatic N) is 3. The van der Waals surface area contributed by atoms with Gasteiger partial charge in [0.2, 0.25) is 0 Å². The van der Waals surface area contributed by atoms with E-state index in [1.807, 2.05) is 4.90 Å². The molecule has 8 rings (SSSR count). The third-order valence-electron chi connectivity index (χ3n) is 10.0. The molecule has 0 radical (unpaired) electrons. The predicted molar refractivity (Wildman–Crippen MR) is 165 cm³/mol. The molecule has 2 atom stereocenters. The van der Waals surface area contributed by atoms with E-state index in [9.17, 15) is 23.5 Å². The Morgan fingerprint density at radius 3 is 2.28 bits per heavy atom. The highest BCUT2D eigenvalue weighted by Gasteiger charge is 2.75. The van der Waals surface area contributed by atoms with Gasteiger partial charge in [-0.05, 0) is 37.1 Å². The molecule has 3 aromatic rings. The number of rotatable bonds is 5. The number of ether oxygens (including phenoxy) is 2. The van der Waals surface area contributed by atoms with E-state index in [4.69, 9.17) is 32.7 Å². The van der Waals surface area contributed by atoms with Crippen molar-refractivity contribution in [3.8, 4) is 16.9 Å². The summed E-state index contributed by atoms with van der Waals surface area (Å²) >= 11 is 13.1. The fourth-order valence-corrected chi connectivity index (χ4v) is 8.12. The number of aromatic carboxylic acids is 1. The second-order valence-electron chi connectivity index (χ2n) is 12.9. The number of carboxylic acid groups (broad SMARTS) is 1. The first-order valence-corrected chi connectivity index (χ1v) is 15.8. The fraction of sp³-hybridized carbons (Fsp3) is 0.394. The van der Waals surface area contributed by atoms with Gasteiger partial charge < -0.3 is 29.3 Å². The van der Waals surface area contributed by atoms with Crippen molar-refractivity contribution >= 4 is 46.5 Å². The quantitative estimate of drug-likeness (QED) is 0.323. The Kier molecular flexibility index (Phi) is 6.73. The standard InChI is InChI=1S/C33H28Cl2F3N3O5/c34-24-6-20(40-14-32(15-40)13-33(32,37)38)7-25(35)28(24)30(42)39-10-17-2-1-3-21(29(17)46-16-39)22-9-27(23(31(43)44)8-26(22)36)41-18-4-5-19(41)12-45-11-18/h1-3,6-9,18-19H,4-5,10-16H2,(H,43,44). The number of amides is 1. The van der Waals surface area contributed by atoms with E-state index in [2.05, 4.69) is 0 Å². The van der Waals surface area contributed by atoms with Crippen molar-refractivity contribution in [2.24, 2.45) is 5.41 Å². The molecule has 46 heavy (non-hydrogen) atoms. The van der Waals surface area contributed by atoms with E-state index in [0.717, 1.165) is 18.9 Å². The number of para-hydroxylation sites is 1. The number of morpholine rings is 1. The highest BCUT2D eigenvalue weighted by Crippen LogP contribution is 2.65. The largest absolute Gasteiger partial charge is 0.478 e. The number of carbonyl (C=O) groups is 2. The number of fused-ring (bicyclic) bond motifs is 3. The number of carbonyl (C=O) groups excluding carboxylic acids is 1. The lowest BCUT2D eigenvalue weighted by molar-refractivity contribution is 0.0514. The Balaban J connectivity index is 1.06. The first kappa shape index (κ1) is 29.7. The minimum atomic E-state index is -2.64. The van der Waals surface area contributed by atoms with Crippen LogP contribution < -0.4 is 14.5 Å². The van der Waals surface area contributed by atoms with Gasteiger partial charge in [-0.1, -0.05) is 41.4 Å². The minimum Gasteiger partial charge on any atom is -0.478 e. The average Bonchev–Trinajstić information content (AvgIpc) is 3.51. The first-order chi connectivity index (χ1) is 22.0. The minimum absolute atomic E-state index is 0.00822. The summed E-state index contributed by atoms with van der Waals surface area (Å²) in [6.45, 7) is 1.31. The van der Waals surface area contributed by atoms with E-state index in [0.29, 0.717) is 41.5 Å². The zero-order valence-electron chi connectivity index (χ0n) is 24.4. The molecule has 0 aromatic heterocycles. The number of anilines is 2. The molecule has 2 unspecified atom stereocenters. The summed E-state index contributed by atoms with van der Waals surface area (Å²) in [5.41, 5.74) is 1.26. The Morgan fingerprint density at radius 2 is 1.65 bits per heavy atom. The fourth-order valence-electron chi connectivity index (χ4n) is 7.49. The van der Waals surface area contributed by atoms with Crippen molar-refractivity contribution in [3.05, 3.63) is 75.0 Å². The van der Waals surface area contributed by atoms with Crippen LogP contribution in [-0.4, -0.2) is 72.9 Å². The summed E-state index contributed by atoms with van der Waals surface area (Å²) in [7, 11) is 0. The molecule has 1 N–H and O–H groups in total. The maximum absolute atomic E-state index is 15.6. The lowest BCUT2D eigenvalue weighted by atomic mass is 9.95. The van der Waals surface area contributed by atoms with Crippen molar-refractivity contribution in [2.75, 3.05) is 42.8 Å². The number of hydrogen-bond acceptors (Lipinski definition) is 6. The smallest absolute Gasteiger partial charge is 0.337 e. The second kappa shape index (κ2) is 10.4. The van der Waals surface area contributed by atoms with Crippen LogP contribution in [0.4, 0.5) is 24.5 Å². The third-order valence-corrected chi connectivity index (χ3v) is 10.6. The van der Waals surface area contributed by atoms with Gasteiger partial charge in [0.1, 0.15) is 11.6 Å². The molecular weight excluding hydrogens is 646 g/mol. The maximum atomic E-state index is 15.6. The van der Waals surface area contributed by atoms with Crippen LogP contribution in [0.15, 0.2) is 42.5 Å². The lowest BCUT2D eigenvalue weighted by Gasteiger charge is -2.42. The summed E-state index contributed by atoms with van der Waals surface area (Å²) < 4.78 is 54.8. The molecule has 3 saturated heterocycles. The molecule has 13 heteroatoms. The summed E-state index contributed by atoms with van der Waals surface area (Å²) in [4.78, 5) is 31.1. The number of carboxylic acids is 1. The van der Waals surface area contributed by atoms with Crippen LogP contribution in [0.3, 0.4) is 0 Å². The summed E-state index contributed by atoms with van der Waals surface area (Å²) in [6.07, 6.45) is 1.60. The normalized spacial score (nSPS) is 23.5. The van der Waals surface area contributed by atoms with Gasteiger partial charge in [0.05, 0.1) is 64.1 Å². The van der Waals surface area contributed by atoms with Crippen LogP contribution in [0, 0.1) is 11.2 Å². The molecule has 4 fully saturated rings. The Labute approximate surface area is 272 Å². The molecule has 5 aliphatic rings. The van der Waals surface area contributed by atoms with Gasteiger partial charge in [-0.2, -0.15) is 0 Å². The third kappa shape index (κ3) is 4.53. The van der Waals surface area contributed by atoms with Crippen LogP contribution in [0.1, 0.15) is 45.5 Å². The Hall–Kier alpha value is -3.67. The zero-order valence-corrected chi connectivity index (χ0v) is 25.9. The average molecular weight is 675 g/mol. The van der Waals surface area contributed by atoms with E-state index >= 15 is 4.39 Å². The molecule has 4 heterocycles. The van der Waals surface area contributed by atoms with Crippen LogP contribution in [-0.2, 0) is 11.3 Å². The van der Waals surface area contributed by atoms with Crippen LogP contribution in [0.5, 0.6) is 5.75 Å².